The molecule has 0 saturated carbocycles. The predicted molar refractivity (Wildman–Crippen MR) is 79.1 cm³/mol. The molecule has 0 fully saturated rings. The second-order valence-electron chi connectivity index (χ2n) is 5.11. The lowest BCUT2D eigenvalue weighted by Gasteiger charge is -2.11. The summed E-state index contributed by atoms with van der Waals surface area (Å²) >= 11 is 0. The molecule has 0 aliphatic carbocycles. The normalized spacial score (nSPS) is 10.8. The Bertz CT molecular complexity index is 676. The monoisotopic (exact) mass is 269 g/mol. The van der Waals surface area contributed by atoms with E-state index in [9.17, 15) is 5.26 Å². The summed E-state index contributed by atoms with van der Waals surface area (Å²) in [7, 11) is 0. The van der Waals surface area contributed by atoms with Gasteiger partial charge in [-0.2, -0.15) is 10.4 Å². The van der Waals surface area contributed by atoms with Gasteiger partial charge in [0, 0.05) is 29.6 Å². The molecule has 2 aromatic rings. The van der Waals surface area contributed by atoms with Crippen molar-refractivity contribution in [1.82, 2.24) is 14.8 Å². The van der Waals surface area contributed by atoms with Gasteiger partial charge in [0.25, 0.3) is 0 Å². The number of hydrogen-bond donors (Lipinski definition) is 1. The molecule has 0 unspecified atom stereocenters. The Morgan fingerprint density at radius 3 is 2.60 bits per heavy atom. The summed E-state index contributed by atoms with van der Waals surface area (Å²) in [6, 6.07) is 4.11. The number of anilines is 1. The van der Waals surface area contributed by atoms with Gasteiger partial charge in [-0.05, 0) is 25.8 Å². The summed E-state index contributed by atoms with van der Waals surface area (Å²) in [6.45, 7) is 8.87. The van der Waals surface area contributed by atoms with Gasteiger partial charge in [0.15, 0.2) is 0 Å². The second-order valence-corrected chi connectivity index (χ2v) is 5.11. The highest BCUT2D eigenvalue weighted by Gasteiger charge is 2.17. The highest BCUT2D eigenvalue weighted by molar-refractivity contribution is 5.76. The third-order valence-corrected chi connectivity index (χ3v) is 3.33. The van der Waals surface area contributed by atoms with Gasteiger partial charge in [0.05, 0.1) is 5.69 Å². The van der Waals surface area contributed by atoms with Crippen LogP contribution < -0.4 is 5.73 Å². The van der Waals surface area contributed by atoms with Gasteiger partial charge in [-0.1, -0.05) is 13.8 Å². The highest BCUT2D eigenvalue weighted by Crippen LogP contribution is 2.31. The number of pyridine rings is 1. The Morgan fingerprint density at radius 1 is 1.40 bits per heavy atom. The number of nitrogens with zero attached hydrogens (tertiary/aromatic N) is 4. The number of aromatic nitrogens is 3. The fourth-order valence-electron chi connectivity index (χ4n) is 2.16. The minimum atomic E-state index is 0.255. The topological polar surface area (TPSA) is 80.5 Å². The molecule has 0 aliphatic heterocycles. The third kappa shape index (κ3) is 2.37. The Kier molecular flexibility index (Phi) is 3.75. The maximum absolute atomic E-state index is 9.35. The molecular weight excluding hydrogens is 250 g/mol. The van der Waals surface area contributed by atoms with Crippen molar-refractivity contribution in [3.63, 3.8) is 0 Å². The van der Waals surface area contributed by atoms with Crippen LogP contribution in [-0.2, 0) is 6.54 Å². The van der Waals surface area contributed by atoms with Gasteiger partial charge in [-0.25, -0.2) is 4.98 Å². The van der Waals surface area contributed by atoms with E-state index in [4.69, 9.17) is 5.73 Å². The van der Waals surface area contributed by atoms with Gasteiger partial charge in [-0.15, -0.1) is 0 Å². The quantitative estimate of drug-likeness (QED) is 0.929. The first-order valence-electron chi connectivity index (χ1n) is 6.72. The largest absolute Gasteiger partial charge is 0.383 e. The lowest BCUT2D eigenvalue weighted by molar-refractivity contribution is 0.653. The average molecular weight is 269 g/mol. The first kappa shape index (κ1) is 14.1. The van der Waals surface area contributed by atoms with Crippen LogP contribution in [0.2, 0.25) is 0 Å². The second kappa shape index (κ2) is 5.33. The molecule has 5 nitrogen and oxygen atoms in total. The van der Waals surface area contributed by atoms with Crippen molar-refractivity contribution < 1.29 is 0 Å². The molecule has 0 amide bonds. The van der Waals surface area contributed by atoms with E-state index in [0.29, 0.717) is 5.56 Å². The van der Waals surface area contributed by atoms with Crippen molar-refractivity contribution in [3.8, 4) is 17.2 Å². The van der Waals surface area contributed by atoms with Crippen LogP contribution in [0.5, 0.6) is 0 Å². The molecule has 2 rings (SSSR count). The molecular formula is C15H19N5. The molecule has 0 radical (unpaired) electrons. The van der Waals surface area contributed by atoms with Crippen LogP contribution in [0.25, 0.3) is 11.1 Å². The Labute approximate surface area is 119 Å². The van der Waals surface area contributed by atoms with Crippen molar-refractivity contribution >= 4 is 5.82 Å². The minimum Gasteiger partial charge on any atom is -0.383 e. The van der Waals surface area contributed by atoms with Crippen molar-refractivity contribution in [3.05, 3.63) is 29.2 Å². The van der Waals surface area contributed by atoms with E-state index in [-0.39, 0.29) is 11.7 Å². The molecule has 0 aliphatic rings. The Balaban J connectivity index is 2.71. The van der Waals surface area contributed by atoms with E-state index in [1.165, 1.54) is 0 Å². The van der Waals surface area contributed by atoms with Crippen LogP contribution in [0.3, 0.4) is 0 Å². The number of nitrogen functional groups attached to an aromatic ring is 1. The molecule has 0 aromatic carbocycles. The van der Waals surface area contributed by atoms with Crippen molar-refractivity contribution in [2.24, 2.45) is 0 Å². The van der Waals surface area contributed by atoms with E-state index in [2.05, 4.69) is 30.0 Å². The van der Waals surface area contributed by atoms with E-state index < -0.39 is 0 Å². The molecule has 2 N–H and O–H groups in total. The Morgan fingerprint density at radius 2 is 2.10 bits per heavy atom. The number of nitriles is 1. The van der Waals surface area contributed by atoms with Gasteiger partial charge in [0.2, 0.25) is 0 Å². The van der Waals surface area contributed by atoms with Crippen molar-refractivity contribution in [1.29, 1.82) is 5.26 Å². The van der Waals surface area contributed by atoms with Crippen LogP contribution in [-0.4, -0.2) is 14.8 Å². The third-order valence-electron chi connectivity index (χ3n) is 3.33. The number of nitrogens with two attached hydrogens (primary N) is 1. The van der Waals surface area contributed by atoms with Crippen LogP contribution in [0.15, 0.2) is 12.3 Å². The molecule has 0 bridgehead atoms. The number of rotatable bonds is 3. The summed E-state index contributed by atoms with van der Waals surface area (Å²) < 4.78 is 1.86. The fraction of sp³-hybridized carbons (Fsp3) is 0.400. The van der Waals surface area contributed by atoms with E-state index >= 15 is 0 Å². The van der Waals surface area contributed by atoms with Crippen LogP contribution in [0.1, 0.15) is 43.6 Å². The molecule has 5 heteroatoms. The highest BCUT2D eigenvalue weighted by atomic mass is 15.3. The van der Waals surface area contributed by atoms with Gasteiger partial charge >= 0.3 is 0 Å². The van der Waals surface area contributed by atoms with Crippen LogP contribution in [0, 0.1) is 18.3 Å². The summed E-state index contributed by atoms with van der Waals surface area (Å²) in [6.07, 6.45) is 1.95. The number of hydrogen-bond acceptors (Lipinski definition) is 4. The fourth-order valence-corrected chi connectivity index (χ4v) is 2.16. The Hall–Kier alpha value is -2.35. The number of aryl methyl sites for hydroxylation is 2. The summed E-state index contributed by atoms with van der Waals surface area (Å²) in [4.78, 5) is 4.31. The van der Waals surface area contributed by atoms with E-state index in [0.717, 1.165) is 29.1 Å². The average Bonchev–Trinajstić information content (AvgIpc) is 2.78. The van der Waals surface area contributed by atoms with Crippen LogP contribution >= 0.6 is 0 Å². The molecule has 104 valence electrons. The first-order chi connectivity index (χ1) is 9.47. The molecule has 2 aromatic heterocycles. The summed E-state index contributed by atoms with van der Waals surface area (Å²) in [5, 5.41) is 13.8. The maximum atomic E-state index is 9.35. The zero-order valence-corrected chi connectivity index (χ0v) is 12.3. The lowest BCUT2D eigenvalue weighted by Crippen LogP contribution is -2.03. The first-order valence-corrected chi connectivity index (χ1v) is 6.72. The molecule has 0 saturated heterocycles. The standard InChI is InChI=1S/C15H19N5/c1-5-20-8-13(10(4)19-20)11-6-14(9(2)3)18-15(17)12(11)7-16/h6,8-9H,5H2,1-4H3,(H2,17,18). The van der Waals surface area contributed by atoms with Crippen molar-refractivity contribution in [2.75, 3.05) is 5.73 Å². The van der Waals surface area contributed by atoms with Gasteiger partial charge in [0.1, 0.15) is 17.5 Å². The van der Waals surface area contributed by atoms with Gasteiger partial charge < -0.3 is 5.73 Å². The minimum absolute atomic E-state index is 0.255. The summed E-state index contributed by atoms with van der Waals surface area (Å²) in [5.74, 6) is 0.544. The zero-order chi connectivity index (χ0) is 14.9. The molecule has 20 heavy (non-hydrogen) atoms. The van der Waals surface area contributed by atoms with Crippen molar-refractivity contribution in [2.45, 2.75) is 40.2 Å². The van der Waals surface area contributed by atoms with Crippen LogP contribution in [0.4, 0.5) is 5.82 Å². The summed E-state index contributed by atoms with van der Waals surface area (Å²) in [5.41, 5.74) is 9.91. The van der Waals surface area contributed by atoms with E-state index in [1.54, 1.807) is 0 Å². The predicted octanol–water partition coefficient (Wildman–Crippen LogP) is 2.85. The smallest absolute Gasteiger partial charge is 0.142 e. The van der Waals surface area contributed by atoms with Gasteiger partial charge in [-0.3, -0.25) is 4.68 Å². The molecule has 0 spiro atoms. The van der Waals surface area contributed by atoms with E-state index in [1.807, 2.05) is 30.8 Å². The molecule has 0 atom stereocenters. The maximum Gasteiger partial charge on any atom is 0.142 e. The zero-order valence-electron chi connectivity index (χ0n) is 12.3. The lowest BCUT2D eigenvalue weighted by atomic mass is 9.98. The molecule has 2 heterocycles. The SMILES string of the molecule is CCn1cc(-c2cc(C(C)C)nc(N)c2C#N)c(C)n1.